The highest BCUT2D eigenvalue weighted by Gasteiger charge is 2.44. The van der Waals surface area contributed by atoms with E-state index in [1.807, 2.05) is 44.2 Å². The van der Waals surface area contributed by atoms with Gasteiger partial charge < -0.3 is 35.1 Å². The summed E-state index contributed by atoms with van der Waals surface area (Å²) in [7, 11) is -2.55. The fraction of sp³-hybridized carbons (Fsp3) is 0.567. The smallest absolute Gasteiger partial charge is 0.407 e. The van der Waals surface area contributed by atoms with Crippen molar-refractivity contribution in [3.05, 3.63) is 60.2 Å². The number of nitrogens with one attached hydrogen (secondary N) is 2. The average molecular weight is 606 g/mol. The Balaban J connectivity index is 1.58. The van der Waals surface area contributed by atoms with E-state index in [1.54, 1.807) is 12.1 Å². The normalized spacial score (nSPS) is 22.6. The van der Waals surface area contributed by atoms with Gasteiger partial charge in [-0.05, 0) is 67.5 Å². The van der Waals surface area contributed by atoms with Crippen molar-refractivity contribution < 1.29 is 37.3 Å². The second-order valence-electron chi connectivity index (χ2n) is 11.7. The van der Waals surface area contributed by atoms with Crippen molar-refractivity contribution in [2.24, 2.45) is 17.1 Å². The highest BCUT2D eigenvalue weighted by molar-refractivity contribution is 7.89. The van der Waals surface area contributed by atoms with Crippen molar-refractivity contribution in [2.75, 3.05) is 26.9 Å². The van der Waals surface area contributed by atoms with Crippen LogP contribution in [0.5, 0.6) is 5.75 Å². The Morgan fingerprint density at radius 1 is 1.12 bits per heavy atom. The fourth-order valence-corrected chi connectivity index (χ4v) is 6.87. The van der Waals surface area contributed by atoms with Crippen LogP contribution < -0.4 is 20.5 Å². The minimum absolute atomic E-state index is 0.0266. The quantitative estimate of drug-likeness (QED) is 0.254. The summed E-state index contributed by atoms with van der Waals surface area (Å²) >= 11 is 0. The summed E-state index contributed by atoms with van der Waals surface area (Å²) in [6.45, 7) is 5.10. The molecule has 0 saturated carbocycles. The number of hydrogen-bond acceptors (Lipinski definition) is 9. The number of ether oxygens (including phenoxy) is 4. The molecule has 11 nitrogen and oxygen atoms in total. The molecule has 2 aliphatic rings. The molecule has 6 atom stereocenters. The van der Waals surface area contributed by atoms with Gasteiger partial charge in [0.05, 0.1) is 49.3 Å². The van der Waals surface area contributed by atoms with Crippen LogP contribution in [0.2, 0.25) is 0 Å². The number of hydrogen-bond donors (Lipinski definition) is 4. The third kappa shape index (κ3) is 8.42. The number of rotatable bonds is 14. The Morgan fingerprint density at radius 2 is 1.83 bits per heavy atom. The van der Waals surface area contributed by atoms with Gasteiger partial charge in [-0.3, -0.25) is 0 Å². The summed E-state index contributed by atoms with van der Waals surface area (Å²) in [6, 6.07) is 13.5. The van der Waals surface area contributed by atoms with Crippen molar-refractivity contribution >= 4 is 16.1 Å². The van der Waals surface area contributed by atoms with Crippen molar-refractivity contribution in [3.8, 4) is 5.75 Å². The zero-order valence-corrected chi connectivity index (χ0v) is 25.2. The number of carbonyl (C=O) groups is 1. The van der Waals surface area contributed by atoms with Gasteiger partial charge >= 0.3 is 6.09 Å². The molecule has 0 spiro atoms. The van der Waals surface area contributed by atoms with Gasteiger partial charge in [0.15, 0.2) is 6.29 Å². The molecule has 1 amide bonds. The zero-order valence-electron chi connectivity index (χ0n) is 24.4. The van der Waals surface area contributed by atoms with Crippen molar-refractivity contribution in [3.63, 3.8) is 0 Å². The summed E-state index contributed by atoms with van der Waals surface area (Å²) in [5.74, 6) is 0.470. The molecule has 4 rings (SSSR count). The predicted octanol–water partition coefficient (Wildman–Crippen LogP) is 2.57. The molecule has 5 N–H and O–H groups in total. The maximum absolute atomic E-state index is 13.5. The second-order valence-corrected chi connectivity index (χ2v) is 13.4. The average Bonchev–Trinajstić information content (AvgIpc) is 3.57. The number of aliphatic hydroxyl groups excluding tert-OH is 1. The highest BCUT2D eigenvalue weighted by Crippen LogP contribution is 2.33. The van der Waals surface area contributed by atoms with Crippen LogP contribution in [0.15, 0.2) is 59.5 Å². The number of benzene rings is 2. The van der Waals surface area contributed by atoms with E-state index in [9.17, 15) is 18.3 Å². The van der Waals surface area contributed by atoms with Gasteiger partial charge in [-0.25, -0.2) is 17.9 Å². The molecule has 2 aromatic carbocycles. The van der Waals surface area contributed by atoms with Crippen molar-refractivity contribution in [1.82, 2.24) is 10.0 Å². The molecule has 232 valence electrons. The summed E-state index contributed by atoms with van der Waals surface area (Å²) in [5.41, 5.74) is 6.29. The third-order valence-corrected chi connectivity index (χ3v) is 9.45. The van der Waals surface area contributed by atoms with Crippen LogP contribution in [-0.4, -0.2) is 77.1 Å². The van der Waals surface area contributed by atoms with Crippen molar-refractivity contribution in [2.45, 2.75) is 75.0 Å². The second kappa shape index (κ2) is 14.2. The van der Waals surface area contributed by atoms with Crippen LogP contribution >= 0.6 is 0 Å². The maximum Gasteiger partial charge on any atom is 0.407 e. The van der Waals surface area contributed by atoms with Gasteiger partial charge in [0.1, 0.15) is 11.9 Å². The van der Waals surface area contributed by atoms with E-state index < -0.39 is 45.8 Å². The lowest BCUT2D eigenvalue weighted by Crippen LogP contribution is -2.56. The van der Waals surface area contributed by atoms with E-state index in [0.717, 1.165) is 12.0 Å². The Bertz CT molecular complexity index is 1260. The van der Waals surface area contributed by atoms with Gasteiger partial charge in [0, 0.05) is 0 Å². The molecule has 0 aliphatic carbocycles. The number of alkyl carbamates (subject to hydrolysis) is 1. The zero-order chi connectivity index (χ0) is 30.3. The highest BCUT2D eigenvalue weighted by atomic mass is 32.2. The molecule has 2 aliphatic heterocycles. The number of nitrogens with two attached hydrogens (primary N) is 1. The number of fused-ring (bicyclic) bond motifs is 1. The predicted molar refractivity (Wildman–Crippen MR) is 156 cm³/mol. The molecular formula is C30H43N3O8S. The standard InChI is InChI=1S/C30H43N3O8S/c1-30(2,14-15-31)18-25(33-42(36,37)22-11-9-21(38-3)10-12-22)27(34)24(17-20-7-5-4-6-8-20)32-29(35)41-26-19-40-28-23(26)13-16-39-28/h4-12,23-28,33-34H,13-19,31H2,1-3H3,(H,32,35)/t23-,24-,25?,26-,27+,28+/m0/s1. The van der Waals surface area contributed by atoms with Crippen LogP contribution in [-0.2, 0) is 30.7 Å². The summed E-state index contributed by atoms with van der Waals surface area (Å²) in [4.78, 5) is 13.2. The summed E-state index contributed by atoms with van der Waals surface area (Å²) in [5, 5.41) is 14.6. The first-order valence-electron chi connectivity index (χ1n) is 14.3. The number of sulfonamides is 1. The van der Waals surface area contributed by atoms with Crippen LogP contribution in [0.4, 0.5) is 4.79 Å². The minimum Gasteiger partial charge on any atom is -0.497 e. The van der Waals surface area contributed by atoms with E-state index in [2.05, 4.69) is 10.0 Å². The van der Waals surface area contributed by atoms with Gasteiger partial charge in [-0.1, -0.05) is 44.2 Å². The molecule has 2 saturated heterocycles. The molecule has 42 heavy (non-hydrogen) atoms. The lowest BCUT2D eigenvalue weighted by molar-refractivity contribution is -0.0907. The molecule has 1 unspecified atom stereocenters. The number of carbonyl (C=O) groups excluding carboxylic acids is 1. The molecule has 0 aromatic heterocycles. The van der Waals surface area contributed by atoms with Crippen LogP contribution in [0, 0.1) is 11.3 Å². The molecule has 2 heterocycles. The maximum atomic E-state index is 13.5. The first-order valence-corrected chi connectivity index (χ1v) is 15.8. The topological polar surface area (TPSA) is 158 Å². The lowest BCUT2D eigenvalue weighted by Gasteiger charge is -2.36. The Hall–Kier alpha value is -2.74. The summed E-state index contributed by atoms with van der Waals surface area (Å²) < 4.78 is 51.7. The van der Waals surface area contributed by atoms with Gasteiger partial charge in [0.2, 0.25) is 10.0 Å². The lowest BCUT2D eigenvalue weighted by atomic mass is 9.80. The Labute approximate surface area is 248 Å². The van der Waals surface area contributed by atoms with E-state index in [0.29, 0.717) is 25.3 Å². The number of amides is 1. The molecule has 0 bridgehead atoms. The minimum atomic E-state index is -4.05. The van der Waals surface area contributed by atoms with Gasteiger partial charge in [0.25, 0.3) is 0 Å². The van der Waals surface area contributed by atoms with Crippen molar-refractivity contribution in [1.29, 1.82) is 0 Å². The Kier molecular flexibility index (Phi) is 10.8. The van der Waals surface area contributed by atoms with E-state index in [4.69, 9.17) is 24.7 Å². The first kappa shape index (κ1) is 32.2. The van der Waals surface area contributed by atoms with E-state index >= 15 is 0 Å². The SMILES string of the molecule is COc1ccc(S(=O)(=O)NC(CC(C)(C)CCN)[C@H](O)[C@H](Cc2ccccc2)NC(=O)O[C@H]2CO[C@H]3OCC[C@H]32)cc1. The van der Waals surface area contributed by atoms with Crippen LogP contribution in [0.25, 0.3) is 0 Å². The van der Waals surface area contributed by atoms with Gasteiger partial charge in [-0.15, -0.1) is 0 Å². The molecule has 12 heteroatoms. The van der Waals surface area contributed by atoms with E-state index in [-0.39, 0.29) is 36.6 Å². The molecule has 0 radical (unpaired) electrons. The molecule has 2 aromatic rings. The Morgan fingerprint density at radius 3 is 2.50 bits per heavy atom. The largest absolute Gasteiger partial charge is 0.497 e. The molecular weight excluding hydrogens is 562 g/mol. The van der Waals surface area contributed by atoms with Crippen LogP contribution in [0.3, 0.4) is 0 Å². The fourth-order valence-electron chi connectivity index (χ4n) is 5.62. The number of methoxy groups -OCH3 is 1. The first-order chi connectivity index (χ1) is 20.0. The van der Waals surface area contributed by atoms with E-state index in [1.165, 1.54) is 19.2 Å². The molecule has 2 fully saturated rings. The van der Waals surface area contributed by atoms with Gasteiger partial charge in [-0.2, -0.15) is 0 Å². The third-order valence-electron chi connectivity index (χ3n) is 7.94. The number of aliphatic hydroxyl groups is 1. The summed E-state index contributed by atoms with van der Waals surface area (Å²) in [6.07, 6.45) is -1.05. The van der Waals surface area contributed by atoms with Crippen LogP contribution in [0.1, 0.15) is 38.7 Å². The monoisotopic (exact) mass is 605 g/mol.